The summed E-state index contributed by atoms with van der Waals surface area (Å²) in [5, 5.41) is 3.56. The highest BCUT2D eigenvalue weighted by Gasteiger charge is 2.14. The largest absolute Gasteiger partial charge is 0.313 e. The Bertz CT molecular complexity index is 349. The average Bonchev–Trinajstić information content (AvgIpc) is 2.38. The summed E-state index contributed by atoms with van der Waals surface area (Å²) in [6, 6.07) is 9.49. The van der Waals surface area contributed by atoms with Gasteiger partial charge in [0.25, 0.3) is 0 Å². The zero-order valence-electron chi connectivity index (χ0n) is 11.1. The Balaban J connectivity index is 1.78. The molecule has 0 fully saturated rings. The van der Waals surface area contributed by atoms with E-state index in [1.54, 1.807) is 5.56 Å². The molecule has 1 aliphatic rings. The Kier molecular flexibility index (Phi) is 4.57. The van der Waals surface area contributed by atoms with Gasteiger partial charge in [0.15, 0.2) is 0 Å². The molecule has 0 amide bonds. The summed E-state index contributed by atoms with van der Waals surface area (Å²) in [7, 11) is 0. The first kappa shape index (κ1) is 12.6. The van der Waals surface area contributed by atoms with E-state index in [9.17, 15) is 0 Å². The van der Waals surface area contributed by atoms with Crippen molar-refractivity contribution in [3.8, 4) is 0 Å². The highest BCUT2D eigenvalue weighted by atomic mass is 15.1. The number of fused-ring (bicyclic) bond motifs is 1. The minimum atomic E-state index is 0.645. The molecule has 1 aliphatic heterocycles. The smallest absolute Gasteiger partial charge is 0.0237 e. The summed E-state index contributed by atoms with van der Waals surface area (Å²) in [5.41, 5.74) is 3.06. The standard InChI is InChI=1S/C15H24N2/c1-3-13(2)16-9-11-17-10-8-14-6-4-5-7-15(14)12-17/h4-7,13,16H,3,8-12H2,1-2H3. The van der Waals surface area contributed by atoms with Crippen LogP contribution >= 0.6 is 0 Å². The first-order valence-electron chi connectivity index (χ1n) is 6.82. The second-order valence-corrected chi connectivity index (χ2v) is 5.06. The highest BCUT2D eigenvalue weighted by molar-refractivity contribution is 5.28. The molecule has 0 aliphatic carbocycles. The Morgan fingerprint density at radius 2 is 2.06 bits per heavy atom. The van der Waals surface area contributed by atoms with E-state index in [2.05, 4.69) is 48.3 Å². The third-order valence-electron chi connectivity index (χ3n) is 3.74. The SMILES string of the molecule is CCC(C)NCCN1CCc2ccccc2C1. The van der Waals surface area contributed by atoms with Crippen molar-refractivity contribution < 1.29 is 0 Å². The molecule has 17 heavy (non-hydrogen) atoms. The third kappa shape index (κ3) is 3.55. The van der Waals surface area contributed by atoms with Crippen LogP contribution in [0.25, 0.3) is 0 Å². The second-order valence-electron chi connectivity index (χ2n) is 5.06. The van der Waals surface area contributed by atoms with Crippen LogP contribution in [0.15, 0.2) is 24.3 Å². The molecule has 2 rings (SSSR count). The molecule has 2 heteroatoms. The minimum Gasteiger partial charge on any atom is -0.313 e. The predicted molar refractivity (Wildman–Crippen MR) is 73.2 cm³/mol. The molecule has 0 bridgehead atoms. The Morgan fingerprint density at radius 1 is 1.29 bits per heavy atom. The topological polar surface area (TPSA) is 15.3 Å². The van der Waals surface area contributed by atoms with Crippen molar-refractivity contribution in [2.75, 3.05) is 19.6 Å². The van der Waals surface area contributed by atoms with Gasteiger partial charge in [0.1, 0.15) is 0 Å². The molecule has 1 unspecified atom stereocenters. The van der Waals surface area contributed by atoms with Gasteiger partial charge in [-0.3, -0.25) is 4.90 Å². The lowest BCUT2D eigenvalue weighted by atomic mass is 10.00. The van der Waals surface area contributed by atoms with Gasteiger partial charge >= 0.3 is 0 Å². The van der Waals surface area contributed by atoms with Gasteiger partial charge in [0.2, 0.25) is 0 Å². The first-order valence-corrected chi connectivity index (χ1v) is 6.82. The van der Waals surface area contributed by atoms with Gasteiger partial charge < -0.3 is 5.32 Å². The molecule has 1 heterocycles. The van der Waals surface area contributed by atoms with Crippen LogP contribution in [0.5, 0.6) is 0 Å². The van der Waals surface area contributed by atoms with E-state index in [4.69, 9.17) is 0 Å². The molecule has 0 radical (unpaired) electrons. The molecule has 1 aromatic rings. The number of rotatable bonds is 5. The fourth-order valence-corrected chi connectivity index (χ4v) is 2.36. The number of hydrogen-bond donors (Lipinski definition) is 1. The van der Waals surface area contributed by atoms with Crippen molar-refractivity contribution in [1.82, 2.24) is 10.2 Å². The van der Waals surface area contributed by atoms with E-state index in [1.807, 2.05) is 0 Å². The molecule has 0 aromatic heterocycles. The van der Waals surface area contributed by atoms with Crippen LogP contribution in [0.3, 0.4) is 0 Å². The lowest BCUT2D eigenvalue weighted by Gasteiger charge is -2.29. The molecule has 0 saturated carbocycles. The predicted octanol–water partition coefficient (Wildman–Crippen LogP) is 2.43. The van der Waals surface area contributed by atoms with E-state index in [0.29, 0.717) is 6.04 Å². The average molecular weight is 232 g/mol. The maximum absolute atomic E-state index is 3.56. The summed E-state index contributed by atoms with van der Waals surface area (Å²) >= 11 is 0. The van der Waals surface area contributed by atoms with Crippen molar-refractivity contribution in [3.63, 3.8) is 0 Å². The van der Waals surface area contributed by atoms with Gasteiger partial charge in [-0.1, -0.05) is 31.2 Å². The molecule has 0 spiro atoms. The molecule has 1 atom stereocenters. The van der Waals surface area contributed by atoms with E-state index in [-0.39, 0.29) is 0 Å². The summed E-state index contributed by atoms with van der Waals surface area (Å²) < 4.78 is 0. The van der Waals surface area contributed by atoms with Crippen LogP contribution in [0.1, 0.15) is 31.4 Å². The summed E-state index contributed by atoms with van der Waals surface area (Å²) in [5.74, 6) is 0. The molecule has 1 aromatic carbocycles. The third-order valence-corrected chi connectivity index (χ3v) is 3.74. The molecular weight excluding hydrogens is 208 g/mol. The van der Waals surface area contributed by atoms with Crippen molar-refractivity contribution in [3.05, 3.63) is 35.4 Å². The van der Waals surface area contributed by atoms with Gasteiger partial charge in [0.05, 0.1) is 0 Å². The van der Waals surface area contributed by atoms with E-state index >= 15 is 0 Å². The quantitative estimate of drug-likeness (QED) is 0.839. The first-order chi connectivity index (χ1) is 8.29. The van der Waals surface area contributed by atoms with Gasteiger partial charge in [-0.2, -0.15) is 0 Å². The van der Waals surface area contributed by atoms with Crippen molar-refractivity contribution >= 4 is 0 Å². The molecular formula is C15H24N2. The van der Waals surface area contributed by atoms with Crippen LogP contribution in [0.4, 0.5) is 0 Å². The van der Waals surface area contributed by atoms with Gasteiger partial charge in [-0.25, -0.2) is 0 Å². The minimum absolute atomic E-state index is 0.645. The molecule has 2 nitrogen and oxygen atoms in total. The monoisotopic (exact) mass is 232 g/mol. The number of nitrogens with one attached hydrogen (secondary N) is 1. The molecule has 1 N–H and O–H groups in total. The van der Waals surface area contributed by atoms with E-state index < -0.39 is 0 Å². The van der Waals surface area contributed by atoms with Crippen LogP contribution in [0, 0.1) is 0 Å². The maximum Gasteiger partial charge on any atom is 0.0237 e. The number of nitrogens with zero attached hydrogens (tertiary/aromatic N) is 1. The zero-order chi connectivity index (χ0) is 12.1. The Morgan fingerprint density at radius 3 is 2.82 bits per heavy atom. The van der Waals surface area contributed by atoms with Crippen molar-refractivity contribution in [2.24, 2.45) is 0 Å². The van der Waals surface area contributed by atoms with Crippen molar-refractivity contribution in [2.45, 2.75) is 39.3 Å². The summed E-state index contributed by atoms with van der Waals surface area (Å²) in [4.78, 5) is 2.55. The van der Waals surface area contributed by atoms with Gasteiger partial charge in [-0.05, 0) is 30.9 Å². The van der Waals surface area contributed by atoms with E-state index in [1.165, 1.54) is 31.5 Å². The van der Waals surface area contributed by atoms with Gasteiger partial charge in [-0.15, -0.1) is 0 Å². The fraction of sp³-hybridized carbons (Fsp3) is 0.600. The number of benzene rings is 1. The number of hydrogen-bond acceptors (Lipinski definition) is 2. The fourth-order valence-electron chi connectivity index (χ4n) is 2.36. The van der Waals surface area contributed by atoms with Crippen molar-refractivity contribution in [1.29, 1.82) is 0 Å². The lowest BCUT2D eigenvalue weighted by molar-refractivity contribution is 0.250. The lowest BCUT2D eigenvalue weighted by Crippen LogP contribution is -2.38. The van der Waals surface area contributed by atoms with Crippen LogP contribution < -0.4 is 5.32 Å². The van der Waals surface area contributed by atoms with E-state index in [0.717, 1.165) is 13.1 Å². The molecule has 0 saturated heterocycles. The molecule has 94 valence electrons. The summed E-state index contributed by atoms with van der Waals surface area (Å²) in [6.07, 6.45) is 2.42. The maximum atomic E-state index is 3.56. The zero-order valence-corrected chi connectivity index (χ0v) is 11.1. The van der Waals surface area contributed by atoms with Crippen LogP contribution in [-0.2, 0) is 13.0 Å². The van der Waals surface area contributed by atoms with Gasteiger partial charge in [0, 0.05) is 32.2 Å². The van der Waals surface area contributed by atoms with Crippen LogP contribution in [0.2, 0.25) is 0 Å². The second kappa shape index (κ2) is 6.18. The normalized spacial score (nSPS) is 17.8. The van der Waals surface area contributed by atoms with Crippen LogP contribution in [-0.4, -0.2) is 30.6 Å². The summed E-state index contributed by atoms with van der Waals surface area (Å²) in [6.45, 7) is 9.09. The Hall–Kier alpha value is -0.860. The highest BCUT2D eigenvalue weighted by Crippen LogP contribution is 2.17. The Labute approximate surface area is 105 Å².